The first-order chi connectivity index (χ1) is 10.1. The molecule has 114 valence electrons. The Morgan fingerprint density at radius 1 is 1.33 bits per heavy atom. The van der Waals surface area contributed by atoms with Crippen LogP contribution < -0.4 is 10.6 Å². The van der Waals surface area contributed by atoms with Crippen LogP contribution in [0.15, 0.2) is 24.3 Å². The summed E-state index contributed by atoms with van der Waals surface area (Å²) in [5.74, 6) is 0.848. The van der Waals surface area contributed by atoms with E-state index in [0.717, 1.165) is 25.7 Å². The van der Waals surface area contributed by atoms with Gasteiger partial charge in [-0.2, -0.15) is 0 Å². The molecule has 0 spiro atoms. The molecule has 0 heterocycles. The summed E-state index contributed by atoms with van der Waals surface area (Å²) >= 11 is 0. The Bertz CT molecular complexity index is 517. The van der Waals surface area contributed by atoms with Crippen LogP contribution in [-0.2, 0) is 6.42 Å². The first-order valence-electron chi connectivity index (χ1n) is 7.93. The van der Waals surface area contributed by atoms with Crippen molar-refractivity contribution >= 4 is 6.03 Å². The molecule has 3 rings (SSSR count). The maximum atomic E-state index is 12.1. The van der Waals surface area contributed by atoms with Crippen LogP contribution in [0, 0.1) is 11.8 Å². The van der Waals surface area contributed by atoms with Crippen molar-refractivity contribution in [3.05, 3.63) is 35.4 Å². The van der Waals surface area contributed by atoms with E-state index >= 15 is 0 Å². The number of hydrogen-bond donors (Lipinski definition) is 3. The van der Waals surface area contributed by atoms with E-state index < -0.39 is 0 Å². The fourth-order valence-electron chi connectivity index (χ4n) is 3.68. The number of fused-ring (bicyclic) bond motifs is 1. The minimum absolute atomic E-state index is 0.0926. The van der Waals surface area contributed by atoms with Crippen molar-refractivity contribution in [1.82, 2.24) is 10.6 Å². The zero-order valence-electron chi connectivity index (χ0n) is 12.5. The summed E-state index contributed by atoms with van der Waals surface area (Å²) in [4.78, 5) is 12.1. The Labute approximate surface area is 125 Å². The summed E-state index contributed by atoms with van der Waals surface area (Å²) in [5, 5.41) is 15.6. The second kappa shape index (κ2) is 6.06. The summed E-state index contributed by atoms with van der Waals surface area (Å²) in [7, 11) is 0. The van der Waals surface area contributed by atoms with Gasteiger partial charge in [0.1, 0.15) is 0 Å². The Kier molecular flexibility index (Phi) is 4.15. The van der Waals surface area contributed by atoms with Crippen molar-refractivity contribution in [2.24, 2.45) is 11.8 Å². The molecule has 0 saturated heterocycles. The fraction of sp³-hybridized carbons (Fsp3) is 0.588. The monoisotopic (exact) mass is 288 g/mol. The second-order valence-corrected chi connectivity index (χ2v) is 6.55. The van der Waals surface area contributed by atoms with Crippen molar-refractivity contribution in [2.75, 3.05) is 6.54 Å². The first kappa shape index (κ1) is 14.4. The van der Waals surface area contributed by atoms with E-state index in [1.807, 2.05) is 6.07 Å². The van der Waals surface area contributed by atoms with Crippen molar-refractivity contribution in [3.8, 4) is 0 Å². The van der Waals surface area contributed by atoms with Gasteiger partial charge < -0.3 is 15.7 Å². The van der Waals surface area contributed by atoms with Gasteiger partial charge in [0, 0.05) is 6.54 Å². The van der Waals surface area contributed by atoms with E-state index in [1.165, 1.54) is 11.1 Å². The Balaban J connectivity index is 1.53. The van der Waals surface area contributed by atoms with E-state index in [4.69, 9.17) is 0 Å². The topological polar surface area (TPSA) is 61.4 Å². The zero-order chi connectivity index (χ0) is 14.8. The third-order valence-electron chi connectivity index (χ3n) is 4.85. The van der Waals surface area contributed by atoms with Gasteiger partial charge in [-0.25, -0.2) is 4.79 Å². The number of nitrogens with one attached hydrogen (secondary N) is 2. The Morgan fingerprint density at radius 2 is 2.14 bits per heavy atom. The molecule has 4 heteroatoms. The number of urea groups is 1. The maximum absolute atomic E-state index is 12.1. The number of aliphatic hydroxyl groups is 1. The molecule has 3 N–H and O–H groups in total. The van der Waals surface area contributed by atoms with E-state index in [1.54, 1.807) is 0 Å². The lowest BCUT2D eigenvalue weighted by molar-refractivity contribution is 0.177. The average molecular weight is 288 g/mol. The van der Waals surface area contributed by atoms with Gasteiger partial charge in [0.2, 0.25) is 0 Å². The lowest BCUT2D eigenvalue weighted by atomic mass is 10.0. The smallest absolute Gasteiger partial charge is 0.315 e. The van der Waals surface area contributed by atoms with Crippen LogP contribution in [0.5, 0.6) is 0 Å². The SMILES string of the molecule is C[C@@H]1Cc2ccccc2[C@@H]1NC(=O)NC[C@@H]1CC[C@H](O)C1. The molecular formula is C17H24N2O2. The predicted molar refractivity (Wildman–Crippen MR) is 81.9 cm³/mol. The van der Waals surface area contributed by atoms with Crippen LogP contribution in [0.2, 0.25) is 0 Å². The van der Waals surface area contributed by atoms with Crippen LogP contribution in [0.25, 0.3) is 0 Å². The molecule has 2 amide bonds. The van der Waals surface area contributed by atoms with Crippen molar-refractivity contribution in [1.29, 1.82) is 0 Å². The third-order valence-corrected chi connectivity index (χ3v) is 4.85. The predicted octanol–water partition coefficient (Wildman–Crippen LogP) is 2.38. The van der Waals surface area contributed by atoms with Crippen molar-refractivity contribution < 1.29 is 9.90 Å². The number of hydrogen-bond acceptors (Lipinski definition) is 2. The molecule has 0 aromatic heterocycles. The lowest BCUT2D eigenvalue weighted by Crippen LogP contribution is -2.40. The highest BCUT2D eigenvalue weighted by molar-refractivity contribution is 5.74. The van der Waals surface area contributed by atoms with Gasteiger partial charge in [0.25, 0.3) is 0 Å². The number of carbonyl (C=O) groups is 1. The minimum atomic E-state index is -0.179. The molecule has 4 atom stereocenters. The molecular weight excluding hydrogens is 264 g/mol. The van der Waals surface area contributed by atoms with Gasteiger partial charge in [-0.1, -0.05) is 31.2 Å². The molecule has 0 unspecified atom stereocenters. The molecule has 4 nitrogen and oxygen atoms in total. The van der Waals surface area contributed by atoms with Crippen LogP contribution in [0.3, 0.4) is 0 Å². The van der Waals surface area contributed by atoms with Crippen LogP contribution in [-0.4, -0.2) is 23.8 Å². The molecule has 0 aliphatic heterocycles. The van der Waals surface area contributed by atoms with Gasteiger partial charge >= 0.3 is 6.03 Å². The second-order valence-electron chi connectivity index (χ2n) is 6.55. The minimum Gasteiger partial charge on any atom is -0.393 e. The quantitative estimate of drug-likeness (QED) is 0.799. The molecule has 2 aliphatic rings. The van der Waals surface area contributed by atoms with Crippen LogP contribution in [0.1, 0.15) is 43.4 Å². The Hall–Kier alpha value is -1.55. The van der Waals surface area contributed by atoms with Gasteiger partial charge in [-0.15, -0.1) is 0 Å². The van der Waals surface area contributed by atoms with E-state index in [0.29, 0.717) is 18.4 Å². The molecule has 1 aromatic carbocycles. The Morgan fingerprint density at radius 3 is 2.90 bits per heavy atom. The molecule has 1 fully saturated rings. The van der Waals surface area contributed by atoms with Crippen molar-refractivity contribution in [2.45, 2.75) is 44.8 Å². The van der Waals surface area contributed by atoms with Gasteiger partial charge in [-0.3, -0.25) is 0 Å². The largest absolute Gasteiger partial charge is 0.393 e. The summed E-state index contributed by atoms with van der Waals surface area (Å²) in [6.45, 7) is 2.84. The number of carbonyl (C=O) groups excluding carboxylic acids is 1. The first-order valence-corrected chi connectivity index (χ1v) is 7.93. The molecule has 1 aromatic rings. The molecule has 2 aliphatic carbocycles. The fourth-order valence-corrected chi connectivity index (χ4v) is 3.68. The molecule has 1 saturated carbocycles. The highest BCUT2D eigenvalue weighted by Crippen LogP contribution is 2.35. The lowest BCUT2D eigenvalue weighted by Gasteiger charge is -2.20. The van der Waals surface area contributed by atoms with Crippen molar-refractivity contribution in [3.63, 3.8) is 0 Å². The van der Waals surface area contributed by atoms with E-state index in [2.05, 4.69) is 35.8 Å². The molecule has 21 heavy (non-hydrogen) atoms. The number of amides is 2. The van der Waals surface area contributed by atoms with Crippen LogP contribution in [0.4, 0.5) is 4.79 Å². The van der Waals surface area contributed by atoms with Gasteiger partial charge in [-0.05, 0) is 48.6 Å². The molecule has 0 bridgehead atoms. The van der Waals surface area contributed by atoms with Gasteiger partial charge in [0.05, 0.1) is 12.1 Å². The number of aliphatic hydroxyl groups excluding tert-OH is 1. The summed E-state index contributed by atoms with van der Waals surface area (Å²) in [6.07, 6.45) is 3.52. The van der Waals surface area contributed by atoms with E-state index in [-0.39, 0.29) is 18.2 Å². The average Bonchev–Trinajstić information content (AvgIpc) is 3.01. The van der Waals surface area contributed by atoms with Crippen LogP contribution >= 0.6 is 0 Å². The standard InChI is InChI=1S/C17H24N2O2/c1-11-8-13-4-2-3-5-15(13)16(11)19-17(21)18-10-12-6-7-14(20)9-12/h2-5,11-12,14,16,20H,6-10H2,1H3,(H2,18,19,21)/t11-,12-,14+,16-/m1/s1. The third kappa shape index (κ3) is 3.21. The zero-order valence-corrected chi connectivity index (χ0v) is 12.5. The highest BCUT2D eigenvalue weighted by Gasteiger charge is 2.30. The maximum Gasteiger partial charge on any atom is 0.315 e. The number of rotatable bonds is 3. The summed E-state index contributed by atoms with van der Waals surface area (Å²) in [6, 6.07) is 8.35. The van der Waals surface area contributed by atoms with E-state index in [9.17, 15) is 9.90 Å². The molecule has 0 radical (unpaired) electrons. The highest BCUT2D eigenvalue weighted by atomic mass is 16.3. The number of benzene rings is 1. The normalized spacial score (nSPS) is 31.0. The van der Waals surface area contributed by atoms with Gasteiger partial charge in [0.15, 0.2) is 0 Å². The summed E-state index contributed by atoms with van der Waals surface area (Å²) in [5.41, 5.74) is 2.59. The summed E-state index contributed by atoms with van der Waals surface area (Å²) < 4.78 is 0.